The molecule has 0 aliphatic heterocycles. The SMILES string of the molecule is c1ccc(-c2ccc(-c3ccc4nc(-n5c6ccccc6c6c7ccccc7c7c8ccccc8oc7c65)ccc4n3)cc2)cc1. The van der Waals surface area contributed by atoms with Crippen LogP contribution in [0.3, 0.4) is 0 Å². The zero-order chi connectivity index (χ0) is 30.2. The molecule has 0 fully saturated rings. The molecule has 0 spiro atoms. The van der Waals surface area contributed by atoms with E-state index < -0.39 is 0 Å². The van der Waals surface area contributed by atoms with Gasteiger partial charge >= 0.3 is 0 Å². The summed E-state index contributed by atoms with van der Waals surface area (Å²) in [7, 11) is 0. The average molecular weight is 588 g/mol. The number of aromatic nitrogens is 3. The highest BCUT2D eigenvalue weighted by atomic mass is 16.3. The fourth-order valence-electron chi connectivity index (χ4n) is 7.11. The molecular weight excluding hydrogens is 562 g/mol. The van der Waals surface area contributed by atoms with Crippen molar-refractivity contribution in [3.05, 3.63) is 152 Å². The fraction of sp³-hybridized carbons (Fsp3) is 0. The van der Waals surface area contributed by atoms with Crippen LogP contribution in [0.1, 0.15) is 0 Å². The highest BCUT2D eigenvalue weighted by Gasteiger charge is 2.23. The van der Waals surface area contributed by atoms with Crippen molar-refractivity contribution in [2.75, 3.05) is 0 Å². The Labute approximate surface area is 263 Å². The molecule has 4 nitrogen and oxygen atoms in total. The monoisotopic (exact) mass is 587 g/mol. The number of hydrogen-bond acceptors (Lipinski definition) is 3. The lowest BCUT2D eigenvalue weighted by Crippen LogP contribution is -1.99. The highest BCUT2D eigenvalue weighted by Crippen LogP contribution is 2.45. The zero-order valence-corrected chi connectivity index (χ0v) is 24.7. The smallest absolute Gasteiger partial charge is 0.160 e. The van der Waals surface area contributed by atoms with Crippen molar-refractivity contribution in [2.45, 2.75) is 0 Å². The molecule has 0 unspecified atom stereocenters. The first-order valence-electron chi connectivity index (χ1n) is 15.5. The van der Waals surface area contributed by atoms with Gasteiger partial charge in [0.2, 0.25) is 0 Å². The van der Waals surface area contributed by atoms with E-state index >= 15 is 0 Å². The van der Waals surface area contributed by atoms with Crippen LogP contribution in [-0.4, -0.2) is 14.5 Å². The molecule has 0 bridgehead atoms. The van der Waals surface area contributed by atoms with Crippen LogP contribution in [0.15, 0.2) is 156 Å². The molecular formula is C42H25N3O. The molecule has 4 aromatic heterocycles. The molecule has 4 heterocycles. The van der Waals surface area contributed by atoms with Crippen molar-refractivity contribution < 1.29 is 4.42 Å². The molecule has 10 rings (SSSR count). The van der Waals surface area contributed by atoms with Gasteiger partial charge in [0, 0.05) is 27.1 Å². The van der Waals surface area contributed by atoms with Gasteiger partial charge in [-0.15, -0.1) is 0 Å². The number of benzene rings is 6. The Hall–Kier alpha value is -6.26. The summed E-state index contributed by atoms with van der Waals surface area (Å²) in [4.78, 5) is 10.2. The van der Waals surface area contributed by atoms with Gasteiger partial charge < -0.3 is 4.42 Å². The zero-order valence-electron chi connectivity index (χ0n) is 24.7. The summed E-state index contributed by atoms with van der Waals surface area (Å²) in [5.74, 6) is 0.831. The topological polar surface area (TPSA) is 43.9 Å². The van der Waals surface area contributed by atoms with Crippen LogP contribution < -0.4 is 0 Å². The number of furan rings is 1. The number of rotatable bonds is 3. The molecule has 0 aliphatic rings. The summed E-state index contributed by atoms with van der Waals surface area (Å²) in [5.41, 5.74) is 9.97. The van der Waals surface area contributed by atoms with Crippen molar-refractivity contribution in [1.29, 1.82) is 0 Å². The second kappa shape index (κ2) is 9.62. The Morgan fingerprint density at radius 2 is 1.04 bits per heavy atom. The molecule has 0 N–H and O–H groups in total. The Morgan fingerprint density at radius 1 is 0.435 bits per heavy atom. The van der Waals surface area contributed by atoms with E-state index in [1.165, 1.54) is 32.7 Å². The van der Waals surface area contributed by atoms with Crippen LogP contribution >= 0.6 is 0 Å². The molecule has 0 saturated heterocycles. The first-order valence-corrected chi connectivity index (χ1v) is 15.5. The van der Waals surface area contributed by atoms with E-state index in [9.17, 15) is 0 Å². The molecule has 10 aromatic rings. The van der Waals surface area contributed by atoms with E-state index in [1.54, 1.807) is 0 Å². The standard InChI is InChI=1S/C42H25N3O/c1-2-10-26(11-3-1)27-18-20-28(21-19-27)33-22-23-35-34(43-33)24-25-38(44-35)45-36-16-8-6-14-31(36)39-29-12-4-5-13-30(29)40-32-15-7-9-17-37(32)46-42(40)41(39)45/h1-25H. The number of hydrogen-bond donors (Lipinski definition) is 0. The van der Waals surface area contributed by atoms with Gasteiger partial charge in [-0.25, -0.2) is 9.97 Å². The lowest BCUT2D eigenvalue weighted by atomic mass is 9.99. The highest BCUT2D eigenvalue weighted by molar-refractivity contribution is 6.35. The van der Waals surface area contributed by atoms with Gasteiger partial charge in [0.05, 0.1) is 27.8 Å². The molecule has 46 heavy (non-hydrogen) atoms. The number of fused-ring (bicyclic) bond motifs is 11. The maximum atomic E-state index is 6.69. The van der Waals surface area contributed by atoms with Gasteiger partial charge in [0.1, 0.15) is 11.4 Å². The Balaban J connectivity index is 1.19. The third-order valence-electron chi connectivity index (χ3n) is 9.20. The Kier molecular flexibility index (Phi) is 5.25. The quantitative estimate of drug-likeness (QED) is 0.207. The van der Waals surface area contributed by atoms with Crippen LogP contribution in [0.5, 0.6) is 0 Å². The predicted octanol–water partition coefficient (Wildman–Crippen LogP) is 11.1. The normalized spacial score (nSPS) is 11.9. The summed E-state index contributed by atoms with van der Waals surface area (Å²) in [5, 5.41) is 6.99. The van der Waals surface area contributed by atoms with Crippen LogP contribution in [0.4, 0.5) is 0 Å². The second-order valence-corrected chi connectivity index (χ2v) is 11.8. The number of nitrogens with zero attached hydrogens (tertiary/aromatic N) is 3. The third kappa shape index (κ3) is 3.61. The first kappa shape index (κ1) is 25.1. The lowest BCUT2D eigenvalue weighted by molar-refractivity contribution is 0.671. The van der Waals surface area contributed by atoms with Crippen LogP contribution in [0.25, 0.3) is 93.8 Å². The van der Waals surface area contributed by atoms with Crippen molar-refractivity contribution >= 4 is 65.6 Å². The van der Waals surface area contributed by atoms with E-state index in [2.05, 4.69) is 144 Å². The van der Waals surface area contributed by atoms with Gasteiger partial charge in [0.25, 0.3) is 0 Å². The van der Waals surface area contributed by atoms with Crippen molar-refractivity contribution in [2.24, 2.45) is 0 Å². The van der Waals surface area contributed by atoms with Crippen LogP contribution in [-0.2, 0) is 0 Å². The summed E-state index contributed by atoms with van der Waals surface area (Å²) in [6, 6.07) is 52.9. The van der Waals surface area contributed by atoms with E-state index in [4.69, 9.17) is 14.4 Å². The maximum Gasteiger partial charge on any atom is 0.160 e. The number of para-hydroxylation sites is 2. The Morgan fingerprint density at radius 3 is 1.87 bits per heavy atom. The average Bonchev–Trinajstić information content (AvgIpc) is 3.69. The maximum absolute atomic E-state index is 6.69. The van der Waals surface area contributed by atoms with E-state index in [1.807, 2.05) is 12.1 Å². The van der Waals surface area contributed by atoms with Gasteiger partial charge in [-0.2, -0.15) is 0 Å². The number of pyridine rings is 2. The largest absolute Gasteiger partial charge is 0.454 e. The molecule has 0 atom stereocenters. The van der Waals surface area contributed by atoms with E-state index in [0.717, 1.165) is 61.1 Å². The van der Waals surface area contributed by atoms with Crippen molar-refractivity contribution in [3.8, 4) is 28.2 Å². The lowest BCUT2D eigenvalue weighted by Gasteiger charge is -2.10. The minimum absolute atomic E-state index is 0.831. The molecule has 0 aliphatic carbocycles. The molecule has 4 heteroatoms. The predicted molar refractivity (Wildman–Crippen MR) is 190 cm³/mol. The summed E-state index contributed by atoms with van der Waals surface area (Å²) in [6.45, 7) is 0. The van der Waals surface area contributed by atoms with Crippen molar-refractivity contribution in [1.82, 2.24) is 14.5 Å². The van der Waals surface area contributed by atoms with Crippen molar-refractivity contribution in [3.63, 3.8) is 0 Å². The summed E-state index contributed by atoms with van der Waals surface area (Å²) >= 11 is 0. The molecule has 0 saturated carbocycles. The minimum Gasteiger partial charge on any atom is -0.454 e. The van der Waals surface area contributed by atoms with Gasteiger partial charge in [0.15, 0.2) is 5.58 Å². The first-order chi connectivity index (χ1) is 22.8. The molecule has 0 amide bonds. The molecule has 0 radical (unpaired) electrons. The van der Waals surface area contributed by atoms with E-state index in [-0.39, 0.29) is 0 Å². The van der Waals surface area contributed by atoms with Gasteiger partial charge in [-0.3, -0.25) is 4.57 Å². The minimum atomic E-state index is 0.831. The molecule has 6 aromatic carbocycles. The fourth-order valence-corrected chi connectivity index (χ4v) is 7.11. The molecule has 214 valence electrons. The second-order valence-electron chi connectivity index (χ2n) is 11.8. The summed E-state index contributed by atoms with van der Waals surface area (Å²) in [6.07, 6.45) is 0. The summed E-state index contributed by atoms with van der Waals surface area (Å²) < 4.78 is 8.95. The Bertz CT molecular complexity index is 2790. The van der Waals surface area contributed by atoms with E-state index in [0.29, 0.717) is 0 Å². The van der Waals surface area contributed by atoms with Crippen LogP contribution in [0.2, 0.25) is 0 Å². The van der Waals surface area contributed by atoms with Gasteiger partial charge in [-0.1, -0.05) is 115 Å². The van der Waals surface area contributed by atoms with Crippen LogP contribution in [0, 0.1) is 0 Å². The third-order valence-corrected chi connectivity index (χ3v) is 9.20. The van der Waals surface area contributed by atoms with Gasteiger partial charge in [-0.05, 0) is 58.3 Å².